The van der Waals surface area contributed by atoms with E-state index in [4.69, 9.17) is 4.74 Å². The van der Waals surface area contributed by atoms with Crippen molar-refractivity contribution < 1.29 is 14.4 Å². The Hall–Kier alpha value is -3.11. The predicted octanol–water partition coefficient (Wildman–Crippen LogP) is 6.42. The molecule has 2 aromatic carbocycles. The molecule has 0 saturated carbocycles. The summed E-state index contributed by atoms with van der Waals surface area (Å²) in [6.07, 6.45) is 5.07. The van der Waals surface area contributed by atoms with Crippen LogP contribution in [0.1, 0.15) is 62.8 Å². The molecule has 0 spiro atoms. The number of aliphatic hydroxyl groups is 1. The third kappa shape index (κ3) is 4.01. The highest BCUT2D eigenvalue weighted by Crippen LogP contribution is 2.47. The van der Waals surface area contributed by atoms with Crippen LogP contribution < -0.4 is 9.88 Å². The van der Waals surface area contributed by atoms with Crippen LogP contribution in [0.4, 0.5) is 0 Å². The lowest BCUT2D eigenvalue weighted by Gasteiger charge is -2.33. The van der Waals surface area contributed by atoms with Crippen molar-refractivity contribution in [3.63, 3.8) is 0 Å². The third-order valence-electron chi connectivity index (χ3n) is 6.96. The van der Waals surface area contributed by atoms with E-state index in [-0.39, 0.29) is 23.1 Å². The molecule has 0 aliphatic carbocycles. The molecule has 0 amide bonds. The quantitative estimate of drug-likeness (QED) is 0.332. The van der Waals surface area contributed by atoms with E-state index in [0.29, 0.717) is 6.61 Å². The summed E-state index contributed by atoms with van der Waals surface area (Å²) in [7, 11) is 3.66. The van der Waals surface area contributed by atoms with Gasteiger partial charge < -0.3 is 15.2 Å². The van der Waals surface area contributed by atoms with Gasteiger partial charge in [0, 0.05) is 26.3 Å². The van der Waals surface area contributed by atoms with Crippen LogP contribution in [0.3, 0.4) is 0 Å². The molecule has 3 aromatic rings. The van der Waals surface area contributed by atoms with Crippen LogP contribution in [0.15, 0.2) is 67.2 Å². The molecule has 2 heterocycles. The number of nitrogens with zero attached hydrogens (tertiary/aromatic N) is 1. The zero-order valence-corrected chi connectivity index (χ0v) is 21.3. The lowest BCUT2D eigenvalue weighted by Crippen LogP contribution is -2.49. The predicted molar refractivity (Wildman–Crippen MR) is 141 cm³/mol. The molecule has 0 fully saturated rings. The van der Waals surface area contributed by atoms with Crippen LogP contribution in [0.5, 0.6) is 0 Å². The van der Waals surface area contributed by atoms with Crippen LogP contribution in [0.2, 0.25) is 0 Å². The van der Waals surface area contributed by atoms with Crippen LogP contribution in [-0.2, 0) is 10.2 Å². The van der Waals surface area contributed by atoms with Gasteiger partial charge in [-0.3, -0.25) is 0 Å². The molecule has 4 nitrogen and oxygen atoms in total. The summed E-state index contributed by atoms with van der Waals surface area (Å²) in [6, 6.07) is 15.1. The van der Waals surface area contributed by atoms with Crippen molar-refractivity contribution in [3.8, 4) is 11.3 Å². The number of aliphatic hydroxyl groups excluding tert-OH is 1. The molecule has 1 aliphatic heterocycles. The molecule has 2 N–H and O–H groups in total. The van der Waals surface area contributed by atoms with E-state index < -0.39 is 0 Å². The van der Waals surface area contributed by atoms with Gasteiger partial charge in [0.25, 0.3) is 0 Å². The van der Waals surface area contributed by atoms with Gasteiger partial charge in [0.1, 0.15) is 0 Å². The first kappa shape index (κ1) is 24.0. The number of pyridine rings is 1. The molecule has 0 bridgehead atoms. The fourth-order valence-corrected chi connectivity index (χ4v) is 5.46. The standard InChI is InChI=1S/C30H36N2O2/c1-8-20(17-31-6)21-13-14-32-27(15-21)24-16-26(30(3,4)5)22-11-9-10-12-23(22)28(24)25(18-34-7)29(32)19(2)33/h9-17,25,29,33H,2,8,18H2,1,3-7H3/p+1. The summed E-state index contributed by atoms with van der Waals surface area (Å²) in [5, 5.41) is 16.5. The van der Waals surface area contributed by atoms with Crippen LogP contribution >= 0.6 is 0 Å². The van der Waals surface area contributed by atoms with E-state index in [1.807, 2.05) is 7.05 Å². The van der Waals surface area contributed by atoms with E-state index in [2.05, 4.69) is 99.0 Å². The van der Waals surface area contributed by atoms with Crippen LogP contribution in [0, 0.1) is 0 Å². The molecule has 178 valence electrons. The maximum absolute atomic E-state index is 10.8. The Kier molecular flexibility index (Phi) is 6.55. The fraction of sp³-hybridized carbons (Fsp3) is 0.367. The van der Waals surface area contributed by atoms with E-state index in [9.17, 15) is 5.11 Å². The number of ether oxygens (including phenoxy) is 1. The highest BCUT2D eigenvalue weighted by molar-refractivity contribution is 5.95. The summed E-state index contributed by atoms with van der Waals surface area (Å²) in [4.78, 5) is 0. The minimum atomic E-state index is -0.307. The first-order valence-corrected chi connectivity index (χ1v) is 12.1. The maximum Gasteiger partial charge on any atom is 0.223 e. The average molecular weight is 458 g/mol. The van der Waals surface area contributed by atoms with Gasteiger partial charge in [-0.25, -0.2) is 0 Å². The van der Waals surface area contributed by atoms with Crippen molar-refractivity contribution in [2.45, 2.75) is 51.5 Å². The lowest BCUT2D eigenvalue weighted by atomic mass is 9.75. The normalized spacial score (nSPS) is 17.9. The number of methoxy groups -OCH3 is 1. The van der Waals surface area contributed by atoms with Gasteiger partial charge in [0.15, 0.2) is 12.0 Å². The number of hydrogen-bond acceptors (Lipinski definition) is 3. The van der Waals surface area contributed by atoms with Crippen molar-refractivity contribution >= 4 is 16.3 Å². The summed E-state index contributed by atoms with van der Waals surface area (Å²) < 4.78 is 7.88. The summed E-state index contributed by atoms with van der Waals surface area (Å²) in [5.74, 6) is 0.0930. The topological polar surface area (TPSA) is 45.4 Å². The number of allylic oxidation sites excluding steroid dienone is 2. The van der Waals surface area contributed by atoms with Crippen molar-refractivity contribution in [2.75, 3.05) is 20.8 Å². The minimum absolute atomic E-state index is 0.0220. The molecule has 1 aliphatic rings. The molecular weight excluding hydrogens is 420 g/mol. The molecule has 4 rings (SSSR count). The average Bonchev–Trinajstić information content (AvgIpc) is 2.80. The molecule has 2 atom stereocenters. The molecule has 1 aromatic heterocycles. The second-order valence-electron chi connectivity index (χ2n) is 10.2. The Morgan fingerprint density at radius 2 is 1.88 bits per heavy atom. The minimum Gasteiger partial charge on any atom is -0.506 e. The summed E-state index contributed by atoms with van der Waals surface area (Å²) >= 11 is 0. The molecule has 0 saturated heterocycles. The smallest absolute Gasteiger partial charge is 0.223 e. The Labute approximate surface area is 203 Å². The number of nitrogens with one attached hydrogen (secondary N) is 1. The van der Waals surface area contributed by atoms with E-state index in [1.165, 1.54) is 38.6 Å². The zero-order chi connectivity index (χ0) is 24.6. The number of aromatic nitrogens is 1. The monoisotopic (exact) mass is 457 g/mol. The van der Waals surface area contributed by atoms with Crippen molar-refractivity contribution in [2.24, 2.45) is 0 Å². The zero-order valence-electron chi connectivity index (χ0n) is 21.3. The summed E-state index contributed by atoms with van der Waals surface area (Å²) in [6.45, 7) is 13.4. The first-order chi connectivity index (χ1) is 16.2. The summed E-state index contributed by atoms with van der Waals surface area (Å²) in [5.41, 5.74) is 7.22. The highest BCUT2D eigenvalue weighted by atomic mass is 16.5. The largest absolute Gasteiger partial charge is 0.506 e. The van der Waals surface area contributed by atoms with E-state index in [1.54, 1.807) is 7.11 Å². The van der Waals surface area contributed by atoms with Crippen LogP contribution in [0.25, 0.3) is 27.6 Å². The van der Waals surface area contributed by atoms with Gasteiger partial charge in [0.05, 0.1) is 18.1 Å². The van der Waals surface area contributed by atoms with Crippen molar-refractivity contribution in [1.29, 1.82) is 0 Å². The van der Waals surface area contributed by atoms with Gasteiger partial charge in [-0.2, -0.15) is 4.57 Å². The van der Waals surface area contributed by atoms with Gasteiger partial charge in [-0.1, -0.05) is 58.5 Å². The second-order valence-corrected chi connectivity index (χ2v) is 10.2. The number of hydrogen-bond donors (Lipinski definition) is 2. The van der Waals surface area contributed by atoms with Crippen molar-refractivity contribution in [3.05, 3.63) is 83.9 Å². The fourth-order valence-electron chi connectivity index (χ4n) is 5.46. The molecular formula is C30H37N2O2+. The lowest BCUT2D eigenvalue weighted by molar-refractivity contribution is -0.712. The van der Waals surface area contributed by atoms with Gasteiger partial charge >= 0.3 is 0 Å². The van der Waals surface area contributed by atoms with Gasteiger partial charge in [0.2, 0.25) is 11.7 Å². The number of rotatable bonds is 6. The van der Waals surface area contributed by atoms with E-state index >= 15 is 0 Å². The van der Waals surface area contributed by atoms with Crippen molar-refractivity contribution in [1.82, 2.24) is 5.32 Å². The Morgan fingerprint density at radius 1 is 1.18 bits per heavy atom. The molecule has 34 heavy (non-hydrogen) atoms. The van der Waals surface area contributed by atoms with Crippen LogP contribution in [-0.4, -0.2) is 25.9 Å². The third-order valence-corrected chi connectivity index (χ3v) is 6.96. The number of benzene rings is 2. The molecule has 2 unspecified atom stereocenters. The Morgan fingerprint density at radius 3 is 2.47 bits per heavy atom. The number of fused-ring (bicyclic) bond motifs is 5. The Balaban J connectivity index is 2.14. The van der Waals surface area contributed by atoms with Gasteiger partial charge in [-0.15, -0.1) is 0 Å². The Bertz CT molecular complexity index is 1270. The SMILES string of the molecule is C=C(O)C1C(COC)c2c(cc(C(C)(C)C)c3ccccc23)-c2cc(/C(=C/NC)CC)cc[n+]21. The molecule has 0 radical (unpaired) electrons. The van der Waals surface area contributed by atoms with Gasteiger partial charge in [-0.05, 0) is 57.1 Å². The molecule has 4 heteroatoms. The highest BCUT2D eigenvalue weighted by Gasteiger charge is 2.44. The first-order valence-electron chi connectivity index (χ1n) is 12.1. The maximum atomic E-state index is 10.8. The van der Waals surface area contributed by atoms with E-state index in [0.717, 1.165) is 12.1 Å². The second kappa shape index (κ2) is 9.27.